The number of hydrogen-bond acceptors (Lipinski definition) is 1. The minimum absolute atomic E-state index is 0.0652. The molecule has 2 N–H and O–H groups in total. The molecule has 1 unspecified atom stereocenters. The molecule has 0 aliphatic rings. The molecular formula is C9H10ClF2N. The number of nitrogens with two attached hydrogens (primary N) is 1. The van der Waals surface area contributed by atoms with Gasteiger partial charge in [0, 0.05) is 17.1 Å². The SMILES string of the molecule is CC(F)(CN)c1ccc(F)cc1Cl. The van der Waals surface area contributed by atoms with Gasteiger partial charge >= 0.3 is 0 Å². The van der Waals surface area contributed by atoms with Crippen LogP contribution in [-0.4, -0.2) is 6.54 Å². The van der Waals surface area contributed by atoms with E-state index in [0.717, 1.165) is 12.1 Å². The van der Waals surface area contributed by atoms with Gasteiger partial charge in [-0.1, -0.05) is 17.7 Å². The largest absolute Gasteiger partial charge is 0.327 e. The second-order valence-electron chi connectivity index (χ2n) is 3.03. The van der Waals surface area contributed by atoms with E-state index >= 15 is 0 Å². The van der Waals surface area contributed by atoms with Crippen molar-refractivity contribution in [2.75, 3.05) is 6.54 Å². The molecule has 0 saturated heterocycles. The molecule has 1 aromatic rings. The lowest BCUT2D eigenvalue weighted by Crippen LogP contribution is -2.26. The molecule has 1 atom stereocenters. The first-order valence-corrected chi connectivity index (χ1v) is 4.19. The number of benzene rings is 1. The predicted octanol–water partition coefficient (Wildman–Crippen LogP) is 2.62. The monoisotopic (exact) mass is 205 g/mol. The van der Waals surface area contributed by atoms with E-state index in [1.54, 1.807) is 0 Å². The van der Waals surface area contributed by atoms with Crippen LogP contribution >= 0.6 is 11.6 Å². The van der Waals surface area contributed by atoms with Crippen molar-refractivity contribution >= 4 is 11.6 Å². The van der Waals surface area contributed by atoms with Crippen molar-refractivity contribution in [3.63, 3.8) is 0 Å². The Morgan fingerprint density at radius 3 is 2.62 bits per heavy atom. The summed E-state index contributed by atoms with van der Waals surface area (Å²) in [7, 11) is 0. The summed E-state index contributed by atoms with van der Waals surface area (Å²) in [4.78, 5) is 0. The lowest BCUT2D eigenvalue weighted by atomic mass is 9.98. The second-order valence-corrected chi connectivity index (χ2v) is 3.43. The molecule has 1 aromatic carbocycles. The lowest BCUT2D eigenvalue weighted by molar-refractivity contribution is 0.203. The van der Waals surface area contributed by atoms with Gasteiger partial charge in [-0.15, -0.1) is 0 Å². The highest BCUT2D eigenvalue weighted by molar-refractivity contribution is 6.31. The Kier molecular flexibility index (Phi) is 2.88. The average Bonchev–Trinajstić information content (AvgIpc) is 2.03. The van der Waals surface area contributed by atoms with Crippen LogP contribution < -0.4 is 5.73 Å². The molecule has 4 heteroatoms. The summed E-state index contributed by atoms with van der Waals surface area (Å²) in [6.45, 7) is 1.13. The van der Waals surface area contributed by atoms with Gasteiger partial charge in [-0.3, -0.25) is 0 Å². The Morgan fingerprint density at radius 2 is 2.15 bits per heavy atom. The van der Waals surface area contributed by atoms with Crippen LogP contribution in [0.4, 0.5) is 8.78 Å². The zero-order valence-electron chi connectivity index (χ0n) is 7.15. The van der Waals surface area contributed by atoms with Gasteiger partial charge in [0.05, 0.1) is 0 Å². The molecule has 0 heterocycles. The summed E-state index contributed by atoms with van der Waals surface area (Å²) in [6.07, 6.45) is 0. The van der Waals surface area contributed by atoms with Gasteiger partial charge in [0.25, 0.3) is 0 Å². The first-order chi connectivity index (χ1) is 5.97. The fourth-order valence-electron chi connectivity index (χ4n) is 1.02. The Labute approximate surface area is 80.5 Å². The molecule has 0 spiro atoms. The third-order valence-electron chi connectivity index (χ3n) is 1.88. The average molecular weight is 206 g/mol. The van der Waals surface area contributed by atoms with E-state index in [2.05, 4.69) is 0 Å². The summed E-state index contributed by atoms with van der Waals surface area (Å²) >= 11 is 5.66. The second kappa shape index (κ2) is 3.60. The highest BCUT2D eigenvalue weighted by atomic mass is 35.5. The van der Waals surface area contributed by atoms with Crippen molar-refractivity contribution in [1.29, 1.82) is 0 Å². The van der Waals surface area contributed by atoms with E-state index in [-0.39, 0.29) is 17.1 Å². The van der Waals surface area contributed by atoms with Crippen LogP contribution in [0.2, 0.25) is 5.02 Å². The molecule has 0 saturated carbocycles. The lowest BCUT2D eigenvalue weighted by Gasteiger charge is -2.19. The number of rotatable bonds is 2. The molecule has 0 fully saturated rings. The summed E-state index contributed by atoms with van der Waals surface area (Å²) < 4.78 is 26.2. The van der Waals surface area contributed by atoms with Gasteiger partial charge in [0.1, 0.15) is 11.5 Å². The molecular weight excluding hydrogens is 196 g/mol. The summed E-state index contributed by atoms with van der Waals surface area (Å²) in [5.41, 5.74) is 3.73. The Hall–Kier alpha value is -0.670. The van der Waals surface area contributed by atoms with Crippen molar-refractivity contribution in [1.82, 2.24) is 0 Å². The topological polar surface area (TPSA) is 26.0 Å². The first kappa shape index (κ1) is 10.4. The van der Waals surface area contributed by atoms with Crippen LogP contribution in [0.1, 0.15) is 12.5 Å². The van der Waals surface area contributed by atoms with Crippen LogP contribution in [0.3, 0.4) is 0 Å². The minimum Gasteiger partial charge on any atom is -0.327 e. The van der Waals surface area contributed by atoms with Crippen LogP contribution in [0.15, 0.2) is 18.2 Å². The van der Waals surface area contributed by atoms with Gasteiger partial charge in [0.15, 0.2) is 0 Å². The van der Waals surface area contributed by atoms with Crippen molar-refractivity contribution in [2.24, 2.45) is 5.73 Å². The van der Waals surface area contributed by atoms with Gasteiger partial charge in [-0.2, -0.15) is 0 Å². The quantitative estimate of drug-likeness (QED) is 0.789. The fourth-order valence-corrected chi connectivity index (χ4v) is 1.39. The van der Waals surface area contributed by atoms with Crippen LogP contribution in [-0.2, 0) is 5.67 Å². The molecule has 1 nitrogen and oxygen atoms in total. The van der Waals surface area contributed by atoms with E-state index < -0.39 is 11.5 Å². The van der Waals surface area contributed by atoms with Gasteiger partial charge in [0.2, 0.25) is 0 Å². The van der Waals surface area contributed by atoms with Crippen molar-refractivity contribution < 1.29 is 8.78 Å². The van der Waals surface area contributed by atoms with Crippen LogP contribution in [0, 0.1) is 5.82 Å². The van der Waals surface area contributed by atoms with Crippen LogP contribution in [0.5, 0.6) is 0 Å². The fraction of sp³-hybridized carbons (Fsp3) is 0.333. The summed E-state index contributed by atoms with van der Waals surface area (Å²) in [6, 6.07) is 3.55. The maximum absolute atomic E-state index is 13.6. The molecule has 0 aliphatic carbocycles. The van der Waals surface area contributed by atoms with E-state index in [1.165, 1.54) is 13.0 Å². The highest BCUT2D eigenvalue weighted by Crippen LogP contribution is 2.30. The minimum atomic E-state index is -1.70. The Bertz CT molecular complexity index is 312. The first-order valence-electron chi connectivity index (χ1n) is 3.82. The third kappa shape index (κ3) is 2.17. The summed E-state index contributed by atoms with van der Waals surface area (Å²) in [5, 5.41) is 0.0652. The molecule has 72 valence electrons. The number of hydrogen-bond donors (Lipinski definition) is 1. The third-order valence-corrected chi connectivity index (χ3v) is 2.19. The normalized spacial score (nSPS) is 15.5. The molecule has 0 aromatic heterocycles. The predicted molar refractivity (Wildman–Crippen MR) is 48.9 cm³/mol. The molecule has 0 radical (unpaired) electrons. The van der Waals surface area contributed by atoms with E-state index in [9.17, 15) is 8.78 Å². The van der Waals surface area contributed by atoms with E-state index in [1.807, 2.05) is 0 Å². The van der Waals surface area contributed by atoms with Gasteiger partial charge in [-0.05, 0) is 19.1 Å². The van der Waals surface area contributed by atoms with Crippen LogP contribution in [0.25, 0.3) is 0 Å². The number of halogens is 3. The maximum Gasteiger partial charge on any atom is 0.146 e. The summed E-state index contributed by atoms with van der Waals surface area (Å²) in [5.74, 6) is -0.485. The number of alkyl halides is 1. The molecule has 0 amide bonds. The van der Waals surface area contributed by atoms with E-state index in [0.29, 0.717) is 0 Å². The Balaban J connectivity index is 3.16. The van der Waals surface area contributed by atoms with Crippen molar-refractivity contribution in [3.05, 3.63) is 34.6 Å². The smallest absolute Gasteiger partial charge is 0.146 e. The standard InChI is InChI=1S/C9H10ClF2N/c1-9(12,5-13)7-3-2-6(11)4-8(7)10/h2-4H,5,13H2,1H3. The van der Waals surface area contributed by atoms with Gasteiger partial charge in [-0.25, -0.2) is 8.78 Å². The molecule has 13 heavy (non-hydrogen) atoms. The van der Waals surface area contributed by atoms with Crippen molar-refractivity contribution in [2.45, 2.75) is 12.6 Å². The Morgan fingerprint density at radius 1 is 1.54 bits per heavy atom. The zero-order chi connectivity index (χ0) is 10.1. The molecule has 0 aliphatic heterocycles. The highest BCUT2D eigenvalue weighted by Gasteiger charge is 2.26. The molecule has 0 bridgehead atoms. The maximum atomic E-state index is 13.6. The van der Waals surface area contributed by atoms with E-state index in [4.69, 9.17) is 17.3 Å². The van der Waals surface area contributed by atoms with Gasteiger partial charge < -0.3 is 5.73 Å². The zero-order valence-corrected chi connectivity index (χ0v) is 7.91. The van der Waals surface area contributed by atoms with Crippen molar-refractivity contribution in [3.8, 4) is 0 Å². The molecule has 1 rings (SSSR count).